The second kappa shape index (κ2) is 2.68. The third-order valence-electron chi connectivity index (χ3n) is 2.23. The molecule has 0 heterocycles. The van der Waals surface area contributed by atoms with Crippen LogP contribution in [0.4, 0.5) is 0 Å². The molecule has 1 atom stereocenters. The standard InChI is InChI=1S/C9H15NO2/c1-8(2)4-3-7(12)9(10,5-8)6-11/h3-4,11H,5-6,10H2,1-2H3/t9-/m0/s1. The Morgan fingerprint density at radius 2 is 2.25 bits per heavy atom. The summed E-state index contributed by atoms with van der Waals surface area (Å²) in [6.07, 6.45) is 3.82. The Hall–Kier alpha value is -0.670. The molecule has 0 aromatic rings. The number of ketones is 1. The minimum atomic E-state index is -1.06. The second-order valence-electron chi connectivity index (χ2n) is 4.18. The summed E-state index contributed by atoms with van der Waals surface area (Å²) in [6, 6.07) is 0. The molecule has 1 rings (SSSR count). The van der Waals surface area contributed by atoms with Gasteiger partial charge in [0.15, 0.2) is 5.78 Å². The van der Waals surface area contributed by atoms with Gasteiger partial charge in [-0.25, -0.2) is 0 Å². The Labute approximate surface area is 72.3 Å². The first-order chi connectivity index (χ1) is 5.40. The first kappa shape index (κ1) is 9.42. The zero-order valence-electron chi connectivity index (χ0n) is 7.50. The van der Waals surface area contributed by atoms with Gasteiger partial charge in [-0.2, -0.15) is 0 Å². The van der Waals surface area contributed by atoms with E-state index in [1.54, 1.807) is 0 Å². The molecule has 0 aliphatic heterocycles. The first-order valence-electron chi connectivity index (χ1n) is 4.03. The number of hydrogen-bond acceptors (Lipinski definition) is 3. The third kappa shape index (κ3) is 1.57. The number of rotatable bonds is 1. The quantitative estimate of drug-likeness (QED) is 0.590. The van der Waals surface area contributed by atoms with Gasteiger partial charge < -0.3 is 10.8 Å². The molecule has 0 aromatic carbocycles. The Balaban J connectivity index is 2.95. The molecular formula is C9H15NO2. The predicted octanol–water partition coefficient (Wildman–Crippen LogP) is 0.231. The van der Waals surface area contributed by atoms with Gasteiger partial charge in [0.25, 0.3) is 0 Å². The lowest BCUT2D eigenvalue weighted by atomic mass is 9.72. The van der Waals surface area contributed by atoms with Crippen molar-refractivity contribution >= 4 is 5.78 Å². The van der Waals surface area contributed by atoms with Gasteiger partial charge in [0.05, 0.1) is 6.61 Å². The lowest BCUT2D eigenvalue weighted by molar-refractivity contribution is -0.122. The normalized spacial score (nSPS) is 33.8. The van der Waals surface area contributed by atoms with Gasteiger partial charge in [0, 0.05) is 0 Å². The van der Waals surface area contributed by atoms with Gasteiger partial charge in [-0.15, -0.1) is 0 Å². The fraction of sp³-hybridized carbons (Fsp3) is 0.667. The van der Waals surface area contributed by atoms with Crippen molar-refractivity contribution in [1.29, 1.82) is 0 Å². The molecule has 0 bridgehead atoms. The van der Waals surface area contributed by atoms with Gasteiger partial charge in [-0.05, 0) is 17.9 Å². The van der Waals surface area contributed by atoms with E-state index in [0.717, 1.165) is 0 Å². The van der Waals surface area contributed by atoms with Crippen LogP contribution in [0.3, 0.4) is 0 Å². The minimum absolute atomic E-state index is 0.0919. The molecule has 68 valence electrons. The van der Waals surface area contributed by atoms with Gasteiger partial charge in [-0.3, -0.25) is 4.79 Å². The van der Waals surface area contributed by atoms with Crippen molar-refractivity contribution in [1.82, 2.24) is 0 Å². The summed E-state index contributed by atoms with van der Waals surface area (Å²) in [5, 5.41) is 8.97. The van der Waals surface area contributed by atoms with Crippen LogP contribution in [0.5, 0.6) is 0 Å². The van der Waals surface area contributed by atoms with Crippen molar-refractivity contribution in [2.24, 2.45) is 11.1 Å². The Kier molecular flexibility index (Phi) is 2.10. The highest BCUT2D eigenvalue weighted by atomic mass is 16.3. The summed E-state index contributed by atoms with van der Waals surface area (Å²) >= 11 is 0. The number of carbonyl (C=O) groups is 1. The van der Waals surface area contributed by atoms with Gasteiger partial charge in [-0.1, -0.05) is 19.9 Å². The maximum absolute atomic E-state index is 11.3. The van der Waals surface area contributed by atoms with E-state index >= 15 is 0 Å². The van der Waals surface area contributed by atoms with Crippen molar-refractivity contribution in [3.05, 3.63) is 12.2 Å². The molecule has 0 radical (unpaired) electrons. The zero-order chi connectivity index (χ0) is 9.41. The van der Waals surface area contributed by atoms with Crippen molar-refractivity contribution in [2.75, 3.05) is 6.61 Å². The maximum atomic E-state index is 11.3. The highest BCUT2D eigenvalue weighted by Crippen LogP contribution is 2.32. The molecule has 3 N–H and O–H groups in total. The van der Waals surface area contributed by atoms with Crippen LogP contribution in [0.2, 0.25) is 0 Å². The molecule has 0 spiro atoms. The monoisotopic (exact) mass is 169 g/mol. The van der Waals surface area contributed by atoms with Crippen LogP contribution < -0.4 is 5.73 Å². The molecule has 0 unspecified atom stereocenters. The maximum Gasteiger partial charge on any atom is 0.177 e. The predicted molar refractivity (Wildman–Crippen MR) is 46.5 cm³/mol. The Bertz CT molecular complexity index is 233. The van der Waals surface area contributed by atoms with Gasteiger partial charge >= 0.3 is 0 Å². The second-order valence-corrected chi connectivity index (χ2v) is 4.18. The van der Waals surface area contributed by atoms with Crippen molar-refractivity contribution in [3.63, 3.8) is 0 Å². The molecule has 0 aromatic heterocycles. The number of nitrogens with two attached hydrogens (primary N) is 1. The highest BCUT2D eigenvalue weighted by Gasteiger charge is 2.39. The van der Waals surface area contributed by atoms with Gasteiger partial charge in [0.1, 0.15) is 5.54 Å². The number of allylic oxidation sites excluding steroid dienone is 1. The molecule has 0 fully saturated rings. The molecule has 0 amide bonds. The van der Waals surface area contributed by atoms with Crippen LogP contribution in [-0.2, 0) is 4.79 Å². The van der Waals surface area contributed by atoms with Crippen LogP contribution in [0.1, 0.15) is 20.3 Å². The van der Waals surface area contributed by atoms with E-state index in [1.165, 1.54) is 6.08 Å². The van der Waals surface area contributed by atoms with E-state index in [-0.39, 0.29) is 17.8 Å². The summed E-state index contributed by atoms with van der Waals surface area (Å²) < 4.78 is 0. The number of aliphatic hydroxyl groups is 1. The smallest absolute Gasteiger partial charge is 0.177 e. The largest absolute Gasteiger partial charge is 0.394 e. The summed E-state index contributed by atoms with van der Waals surface area (Å²) in [5.41, 5.74) is 4.58. The molecule has 1 aliphatic carbocycles. The number of hydrogen-bond donors (Lipinski definition) is 2. The zero-order valence-corrected chi connectivity index (χ0v) is 7.50. The van der Waals surface area contributed by atoms with Crippen molar-refractivity contribution < 1.29 is 9.90 Å². The summed E-state index contributed by atoms with van der Waals surface area (Å²) in [7, 11) is 0. The fourth-order valence-electron chi connectivity index (χ4n) is 1.56. The Morgan fingerprint density at radius 1 is 1.67 bits per heavy atom. The summed E-state index contributed by atoms with van der Waals surface area (Å²) in [4.78, 5) is 11.3. The van der Waals surface area contributed by atoms with E-state index in [2.05, 4.69) is 0 Å². The topological polar surface area (TPSA) is 63.3 Å². The fourth-order valence-corrected chi connectivity index (χ4v) is 1.56. The molecule has 1 aliphatic rings. The van der Waals surface area contributed by atoms with Crippen molar-refractivity contribution in [3.8, 4) is 0 Å². The third-order valence-corrected chi connectivity index (χ3v) is 2.23. The summed E-state index contributed by atoms with van der Waals surface area (Å²) in [6.45, 7) is 3.71. The van der Waals surface area contributed by atoms with Crippen LogP contribution >= 0.6 is 0 Å². The average molecular weight is 169 g/mol. The van der Waals surface area contributed by atoms with E-state index in [0.29, 0.717) is 6.42 Å². The molecule has 12 heavy (non-hydrogen) atoms. The lowest BCUT2D eigenvalue weighted by Gasteiger charge is -2.35. The van der Waals surface area contributed by atoms with Crippen LogP contribution in [0, 0.1) is 5.41 Å². The molecule has 0 saturated carbocycles. The average Bonchev–Trinajstić information content (AvgIpc) is 1.97. The molecule has 0 saturated heterocycles. The van der Waals surface area contributed by atoms with Crippen LogP contribution in [0.25, 0.3) is 0 Å². The summed E-state index contributed by atoms with van der Waals surface area (Å²) in [5.74, 6) is -0.177. The lowest BCUT2D eigenvalue weighted by Crippen LogP contribution is -2.54. The van der Waals surface area contributed by atoms with E-state index < -0.39 is 5.54 Å². The molecular weight excluding hydrogens is 154 g/mol. The molecule has 3 heteroatoms. The SMILES string of the molecule is CC1(C)C=CC(=O)[C@@](N)(CO)C1. The minimum Gasteiger partial charge on any atom is -0.394 e. The number of carbonyl (C=O) groups excluding carboxylic acids is 1. The van der Waals surface area contributed by atoms with Crippen LogP contribution in [-0.4, -0.2) is 23.0 Å². The van der Waals surface area contributed by atoms with E-state index in [4.69, 9.17) is 10.8 Å². The van der Waals surface area contributed by atoms with Crippen LogP contribution in [0.15, 0.2) is 12.2 Å². The van der Waals surface area contributed by atoms with E-state index in [9.17, 15) is 4.79 Å². The highest BCUT2D eigenvalue weighted by molar-refractivity contribution is 5.98. The van der Waals surface area contributed by atoms with E-state index in [1.807, 2.05) is 19.9 Å². The Morgan fingerprint density at radius 3 is 2.67 bits per heavy atom. The van der Waals surface area contributed by atoms with Crippen molar-refractivity contribution in [2.45, 2.75) is 25.8 Å². The molecule has 3 nitrogen and oxygen atoms in total. The van der Waals surface area contributed by atoms with Gasteiger partial charge in [0.2, 0.25) is 0 Å². The number of aliphatic hydroxyl groups excluding tert-OH is 1. The first-order valence-corrected chi connectivity index (χ1v) is 4.03.